The van der Waals surface area contributed by atoms with Gasteiger partial charge in [0, 0.05) is 0 Å². The van der Waals surface area contributed by atoms with E-state index in [0.29, 0.717) is 0 Å². The lowest BCUT2D eigenvalue weighted by Crippen LogP contribution is -2.13. The summed E-state index contributed by atoms with van der Waals surface area (Å²) in [4.78, 5) is 0. The van der Waals surface area contributed by atoms with Crippen molar-refractivity contribution in [3.63, 3.8) is 0 Å². The molecule has 0 aromatic heterocycles. The summed E-state index contributed by atoms with van der Waals surface area (Å²) in [5.41, 5.74) is 5.04. The highest BCUT2D eigenvalue weighted by atomic mass is 15.2. The van der Waals surface area contributed by atoms with E-state index >= 15 is 0 Å². The second-order valence-electron chi connectivity index (χ2n) is 9.17. The zero-order chi connectivity index (χ0) is 21.7. The number of rotatable bonds is 11. The molecule has 0 bridgehead atoms. The first-order valence-corrected chi connectivity index (χ1v) is 12.5. The van der Waals surface area contributed by atoms with Crippen molar-refractivity contribution in [2.24, 2.45) is 16.1 Å². The maximum atomic E-state index is 4.22. The molecule has 2 aromatic carbocycles. The minimum absolute atomic E-state index is 0.742. The third kappa shape index (κ3) is 8.09. The first-order valence-electron chi connectivity index (χ1n) is 12.5. The summed E-state index contributed by atoms with van der Waals surface area (Å²) in [6.07, 6.45) is 18.8. The van der Waals surface area contributed by atoms with Crippen molar-refractivity contribution >= 4 is 12.4 Å². The second-order valence-corrected chi connectivity index (χ2v) is 9.17. The summed E-state index contributed by atoms with van der Waals surface area (Å²) >= 11 is 0. The number of unbranched alkanes of at least 4 members (excludes halogenated alkanes) is 4. The summed E-state index contributed by atoms with van der Waals surface area (Å²) < 4.78 is 0. The fourth-order valence-electron chi connectivity index (χ4n) is 4.71. The van der Waals surface area contributed by atoms with Gasteiger partial charge in [-0.2, -0.15) is 10.2 Å². The Kier molecular flexibility index (Phi) is 10.0. The fraction of sp³-hybridized carbons (Fsp3) is 0.517. The molecule has 31 heavy (non-hydrogen) atoms. The van der Waals surface area contributed by atoms with Gasteiger partial charge in [-0.3, -0.25) is 0 Å². The van der Waals surface area contributed by atoms with E-state index in [4.69, 9.17) is 0 Å². The van der Waals surface area contributed by atoms with Gasteiger partial charge in [0.25, 0.3) is 0 Å². The van der Waals surface area contributed by atoms with Gasteiger partial charge in [0.2, 0.25) is 0 Å². The van der Waals surface area contributed by atoms with Gasteiger partial charge in [0.15, 0.2) is 0 Å². The fourth-order valence-corrected chi connectivity index (χ4v) is 4.71. The molecule has 0 atom stereocenters. The molecule has 1 aliphatic rings. The van der Waals surface area contributed by atoms with Crippen LogP contribution in [0.5, 0.6) is 0 Å². The molecule has 1 saturated carbocycles. The van der Waals surface area contributed by atoms with E-state index in [1.54, 1.807) is 0 Å². The van der Waals surface area contributed by atoms with Crippen molar-refractivity contribution in [1.29, 1.82) is 0 Å². The van der Waals surface area contributed by atoms with Crippen molar-refractivity contribution in [2.45, 2.75) is 90.4 Å². The number of aryl methyl sites for hydroxylation is 1. The molecule has 1 fully saturated rings. The lowest BCUT2D eigenvalue weighted by molar-refractivity contribution is 0.302. The molecule has 2 aromatic rings. The predicted octanol–water partition coefficient (Wildman–Crippen LogP) is 8.34. The molecular formula is C29H40N2. The van der Waals surface area contributed by atoms with Gasteiger partial charge >= 0.3 is 0 Å². The van der Waals surface area contributed by atoms with E-state index in [1.165, 1.54) is 75.3 Å². The van der Waals surface area contributed by atoms with Crippen molar-refractivity contribution in [2.75, 3.05) is 0 Å². The largest absolute Gasteiger partial charge is 0.159 e. The molecular weight excluding hydrogens is 376 g/mol. The number of hydrogen-bond acceptors (Lipinski definition) is 2. The van der Waals surface area contributed by atoms with Crippen molar-refractivity contribution < 1.29 is 0 Å². The Bertz CT molecular complexity index is 794. The van der Waals surface area contributed by atoms with Gasteiger partial charge in [-0.25, -0.2) is 0 Å². The van der Waals surface area contributed by atoms with Gasteiger partial charge in [-0.05, 0) is 66.2 Å². The van der Waals surface area contributed by atoms with Crippen molar-refractivity contribution in [3.8, 4) is 0 Å². The predicted molar refractivity (Wildman–Crippen MR) is 136 cm³/mol. The summed E-state index contributed by atoms with van der Waals surface area (Å²) in [5, 5.41) is 8.42. The van der Waals surface area contributed by atoms with E-state index < -0.39 is 0 Å². The van der Waals surface area contributed by atoms with E-state index in [-0.39, 0.29) is 0 Å². The molecule has 0 heterocycles. The van der Waals surface area contributed by atoms with Gasteiger partial charge < -0.3 is 0 Å². The lowest BCUT2D eigenvalue weighted by atomic mass is 9.77. The molecule has 166 valence electrons. The quantitative estimate of drug-likeness (QED) is 0.200. The average Bonchev–Trinajstić information content (AvgIpc) is 2.83. The Hall–Kier alpha value is -2.22. The second kappa shape index (κ2) is 13.2. The topological polar surface area (TPSA) is 24.7 Å². The standard InChI is InChI=1S/C29H40N2/c1-3-5-6-7-8-9-25-14-18-28(19-15-25)29-20-16-27(17-21-29)23-31-30-22-26-12-10-24(4-2)11-13-26/h10-13,16-17,20-23,25,28H,3-9,14-15,18-19H2,1-2H3/b30-22+,31-23+. The van der Waals surface area contributed by atoms with E-state index in [1.807, 2.05) is 12.4 Å². The molecule has 1 aliphatic carbocycles. The Morgan fingerprint density at radius 1 is 0.710 bits per heavy atom. The maximum Gasteiger partial charge on any atom is 0.0568 e. The third-order valence-corrected chi connectivity index (χ3v) is 6.84. The molecule has 0 N–H and O–H groups in total. The Labute approximate surface area is 189 Å². The summed E-state index contributed by atoms with van der Waals surface area (Å²) in [6.45, 7) is 4.46. The number of benzene rings is 2. The van der Waals surface area contributed by atoms with Crippen LogP contribution in [0.25, 0.3) is 0 Å². The molecule has 2 nitrogen and oxygen atoms in total. The van der Waals surface area contributed by atoms with E-state index in [0.717, 1.165) is 29.4 Å². The molecule has 0 amide bonds. The minimum atomic E-state index is 0.742. The zero-order valence-corrected chi connectivity index (χ0v) is 19.6. The Morgan fingerprint density at radius 3 is 1.87 bits per heavy atom. The van der Waals surface area contributed by atoms with Crippen LogP contribution in [0.1, 0.15) is 106 Å². The summed E-state index contributed by atoms with van der Waals surface area (Å²) in [6, 6.07) is 17.4. The van der Waals surface area contributed by atoms with Gasteiger partial charge in [-0.15, -0.1) is 0 Å². The lowest BCUT2D eigenvalue weighted by Gasteiger charge is -2.29. The zero-order valence-electron chi connectivity index (χ0n) is 19.6. The average molecular weight is 417 g/mol. The van der Waals surface area contributed by atoms with Gasteiger partial charge in [0.1, 0.15) is 0 Å². The monoisotopic (exact) mass is 416 g/mol. The summed E-state index contributed by atoms with van der Waals surface area (Å²) in [7, 11) is 0. The van der Waals surface area contributed by atoms with Crippen LogP contribution in [0.4, 0.5) is 0 Å². The van der Waals surface area contributed by atoms with E-state index in [9.17, 15) is 0 Å². The highest BCUT2D eigenvalue weighted by Gasteiger charge is 2.21. The van der Waals surface area contributed by atoms with Crippen LogP contribution in [-0.4, -0.2) is 12.4 Å². The maximum absolute atomic E-state index is 4.22. The van der Waals surface area contributed by atoms with Crippen molar-refractivity contribution in [3.05, 3.63) is 70.8 Å². The van der Waals surface area contributed by atoms with Crippen LogP contribution < -0.4 is 0 Å². The van der Waals surface area contributed by atoms with Crippen LogP contribution in [0, 0.1) is 5.92 Å². The first kappa shape index (κ1) is 23.4. The molecule has 0 radical (unpaired) electrons. The van der Waals surface area contributed by atoms with Crippen LogP contribution in [0.3, 0.4) is 0 Å². The van der Waals surface area contributed by atoms with E-state index in [2.05, 4.69) is 72.6 Å². The molecule has 2 heteroatoms. The Morgan fingerprint density at radius 2 is 1.29 bits per heavy atom. The van der Waals surface area contributed by atoms with Crippen LogP contribution in [0.15, 0.2) is 58.7 Å². The highest BCUT2D eigenvalue weighted by molar-refractivity contribution is 5.82. The van der Waals surface area contributed by atoms with Crippen LogP contribution in [-0.2, 0) is 6.42 Å². The van der Waals surface area contributed by atoms with Crippen molar-refractivity contribution in [1.82, 2.24) is 0 Å². The van der Waals surface area contributed by atoms with Gasteiger partial charge in [0.05, 0.1) is 12.4 Å². The first-order chi connectivity index (χ1) is 15.3. The molecule has 0 unspecified atom stereocenters. The molecule has 3 rings (SSSR count). The minimum Gasteiger partial charge on any atom is -0.159 e. The summed E-state index contributed by atoms with van der Waals surface area (Å²) in [5.74, 6) is 1.71. The van der Waals surface area contributed by atoms with Crippen LogP contribution in [0.2, 0.25) is 0 Å². The SMILES string of the molecule is CCCCCCCC1CCC(c2ccc(/C=N/N=C/c3ccc(CC)cc3)cc2)CC1. The number of hydrogen-bond donors (Lipinski definition) is 0. The molecule has 0 spiro atoms. The third-order valence-electron chi connectivity index (χ3n) is 6.84. The Balaban J connectivity index is 1.40. The highest BCUT2D eigenvalue weighted by Crippen LogP contribution is 2.37. The van der Waals surface area contributed by atoms with Gasteiger partial charge in [-0.1, -0.05) is 101 Å². The molecule has 0 saturated heterocycles. The normalized spacial score (nSPS) is 19.4. The molecule has 0 aliphatic heterocycles. The smallest absolute Gasteiger partial charge is 0.0568 e. The van der Waals surface area contributed by atoms with Crippen LogP contribution >= 0.6 is 0 Å². The number of nitrogens with zero attached hydrogens (tertiary/aromatic N) is 2.